The summed E-state index contributed by atoms with van der Waals surface area (Å²) in [4.78, 5) is 23.1. The van der Waals surface area contributed by atoms with Crippen molar-refractivity contribution in [2.45, 2.75) is 31.1 Å². The van der Waals surface area contributed by atoms with Crippen LogP contribution in [0.15, 0.2) is 78.9 Å². The number of carbonyl (C=O) groups excluding carboxylic acids is 2. The molecule has 3 aromatic carbocycles. The van der Waals surface area contributed by atoms with Crippen LogP contribution in [-0.2, 0) is 11.2 Å². The molecule has 2 atom stereocenters. The second-order valence-electron chi connectivity index (χ2n) is 7.70. The standard InChI is InChI=1S/C26H25NO4S/c1-18-7-11-22(12-8-18)31-23(20-5-3-2-4-6-20)15-16-30-21-13-9-19(10-14-21)17-24-25(28)27-26(29)32-24/h2-14,23-24H,15-17H2,1H3,(H,27,28,29)/t23-,24?/m0/s1. The molecule has 1 fully saturated rings. The minimum atomic E-state index is -0.361. The second-order valence-corrected chi connectivity index (χ2v) is 8.87. The second kappa shape index (κ2) is 10.4. The number of carbonyl (C=O) groups is 2. The van der Waals surface area contributed by atoms with Crippen LogP contribution in [0.2, 0.25) is 0 Å². The first-order valence-corrected chi connectivity index (χ1v) is 11.5. The van der Waals surface area contributed by atoms with Gasteiger partial charge in [0.25, 0.3) is 5.24 Å². The first-order valence-electron chi connectivity index (χ1n) is 10.6. The summed E-state index contributed by atoms with van der Waals surface area (Å²) in [6.45, 7) is 2.55. The van der Waals surface area contributed by atoms with Gasteiger partial charge in [-0.05, 0) is 48.7 Å². The molecule has 0 saturated carbocycles. The molecule has 5 nitrogen and oxygen atoms in total. The van der Waals surface area contributed by atoms with Gasteiger partial charge in [-0.2, -0.15) is 0 Å². The van der Waals surface area contributed by atoms with Gasteiger partial charge in [0, 0.05) is 6.42 Å². The van der Waals surface area contributed by atoms with E-state index in [-0.39, 0.29) is 22.5 Å². The van der Waals surface area contributed by atoms with Gasteiger partial charge in [-0.15, -0.1) is 0 Å². The van der Waals surface area contributed by atoms with Crippen LogP contribution < -0.4 is 14.8 Å². The number of ether oxygens (including phenoxy) is 2. The molecule has 164 valence electrons. The number of rotatable bonds is 9. The normalized spacial score (nSPS) is 16.5. The van der Waals surface area contributed by atoms with Crippen molar-refractivity contribution in [1.29, 1.82) is 0 Å². The Hall–Kier alpha value is -3.25. The van der Waals surface area contributed by atoms with Crippen LogP contribution in [0.1, 0.15) is 29.2 Å². The van der Waals surface area contributed by atoms with Gasteiger partial charge in [0.2, 0.25) is 5.91 Å². The fourth-order valence-electron chi connectivity index (χ4n) is 3.49. The summed E-state index contributed by atoms with van der Waals surface area (Å²) in [6.07, 6.45) is 1.09. The lowest BCUT2D eigenvalue weighted by Crippen LogP contribution is -2.25. The molecule has 1 aliphatic rings. The molecule has 6 heteroatoms. The summed E-state index contributed by atoms with van der Waals surface area (Å²) in [5.74, 6) is 1.37. The largest absolute Gasteiger partial charge is 0.493 e. The highest BCUT2D eigenvalue weighted by Gasteiger charge is 2.31. The lowest BCUT2D eigenvalue weighted by Gasteiger charge is -2.20. The molecule has 0 bridgehead atoms. The summed E-state index contributed by atoms with van der Waals surface area (Å²) >= 11 is 1.04. The number of aryl methyl sites for hydroxylation is 1. The van der Waals surface area contributed by atoms with Gasteiger partial charge in [-0.1, -0.05) is 71.9 Å². The Morgan fingerprint density at radius 1 is 0.906 bits per heavy atom. The van der Waals surface area contributed by atoms with E-state index in [4.69, 9.17) is 9.47 Å². The van der Waals surface area contributed by atoms with Gasteiger partial charge < -0.3 is 9.47 Å². The van der Waals surface area contributed by atoms with E-state index in [0.29, 0.717) is 19.4 Å². The van der Waals surface area contributed by atoms with E-state index in [1.807, 2.05) is 66.7 Å². The molecule has 1 unspecified atom stereocenters. The highest BCUT2D eigenvalue weighted by atomic mass is 32.2. The minimum Gasteiger partial charge on any atom is -0.493 e. The zero-order valence-corrected chi connectivity index (χ0v) is 18.6. The van der Waals surface area contributed by atoms with E-state index in [1.165, 1.54) is 5.56 Å². The molecule has 1 N–H and O–H groups in total. The molecule has 1 aliphatic heterocycles. The van der Waals surface area contributed by atoms with Crippen molar-refractivity contribution in [2.24, 2.45) is 0 Å². The van der Waals surface area contributed by atoms with E-state index in [9.17, 15) is 9.59 Å². The summed E-state index contributed by atoms with van der Waals surface area (Å²) < 4.78 is 12.2. The molecule has 1 saturated heterocycles. The molecule has 3 aromatic rings. The van der Waals surface area contributed by atoms with Gasteiger partial charge >= 0.3 is 0 Å². The first-order chi connectivity index (χ1) is 15.6. The van der Waals surface area contributed by atoms with Crippen LogP contribution in [0, 0.1) is 6.92 Å². The van der Waals surface area contributed by atoms with Gasteiger partial charge in [0.15, 0.2) is 0 Å². The molecular formula is C26H25NO4S. The summed E-state index contributed by atoms with van der Waals surface area (Å²) in [5, 5.41) is 1.68. The first kappa shape index (κ1) is 22.0. The molecule has 32 heavy (non-hydrogen) atoms. The number of amides is 2. The van der Waals surface area contributed by atoms with Crippen LogP contribution in [-0.4, -0.2) is 23.0 Å². The maximum atomic E-state index is 11.7. The van der Waals surface area contributed by atoms with Crippen molar-refractivity contribution in [3.05, 3.63) is 95.6 Å². The predicted molar refractivity (Wildman–Crippen MR) is 126 cm³/mol. The highest BCUT2D eigenvalue weighted by Crippen LogP contribution is 2.26. The number of imide groups is 1. The van der Waals surface area contributed by atoms with Crippen LogP contribution >= 0.6 is 11.8 Å². The smallest absolute Gasteiger partial charge is 0.286 e. The molecule has 2 amide bonds. The van der Waals surface area contributed by atoms with Crippen LogP contribution in [0.3, 0.4) is 0 Å². The Morgan fingerprint density at radius 2 is 1.59 bits per heavy atom. The Bertz CT molecular complexity index is 1050. The van der Waals surface area contributed by atoms with E-state index in [2.05, 4.69) is 24.4 Å². The number of hydrogen-bond donors (Lipinski definition) is 1. The van der Waals surface area contributed by atoms with Crippen LogP contribution in [0.5, 0.6) is 11.5 Å². The van der Waals surface area contributed by atoms with Gasteiger partial charge in [0.05, 0.1) is 11.9 Å². The Morgan fingerprint density at radius 3 is 2.25 bits per heavy atom. The summed E-state index contributed by atoms with van der Waals surface area (Å²) in [7, 11) is 0. The Balaban J connectivity index is 1.33. The molecule has 0 aliphatic carbocycles. The Kier molecular flexibility index (Phi) is 7.12. The Labute approximate surface area is 192 Å². The monoisotopic (exact) mass is 447 g/mol. The molecule has 4 rings (SSSR count). The third-order valence-electron chi connectivity index (χ3n) is 5.23. The van der Waals surface area contributed by atoms with Crippen molar-refractivity contribution in [2.75, 3.05) is 6.61 Å². The lowest BCUT2D eigenvalue weighted by molar-refractivity contribution is -0.118. The number of benzene rings is 3. The summed E-state index contributed by atoms with van der Waals surface area (Å²) in [5.41, 5.74) is 3.29. The van der Waals surface area contributed by atoms with Crippen molar-refractivity contribution < 1.29 is 19.1 Å². The van der Waals surface area contributed by atoms with Gasteiger partial charge in [0.1, 0.15) is 17.6 Å². The molecule has 0 spiro atoms. The third-order valence-corrected chi connectivity index (χ3v) is 6.21. The van der Waals surface area contributed by atoms with E-state index < -0.39 is 0 Å². The maximum absolute atomic E-state index is 11.7. The van der Waals surface area contributed by atoms with Gasteiger partial charge in [-0.25, -0.2) is 0 Å². The quantitative estimate of drug-likeness (QED) is 0.471. The molecular weight excluding hydrogens is 422 g/mol. The van der Waals surface area contributed by atoms with Gasteiger partial charge in [-0.3, -0.25) is 14.9 Å². The predicted octanol–water partition coefficient (Wildman–Crippen LogP) is 5.48. The number of nitrogens with one attached hydrogen (secondary N) is 1. The zero-order chi connectivity index (χ0) is 22.3. The van der Waals surface area contributed by atoms with E-state index >= 15 is 0 Å². The fraction of sp³-hybridized carbons (Fsp3) is 0.231. The van der Waals surface area contributed by atoms with E-state index in [1.54, 1.807) is 0 Å². The van der Waals surface area contributed by atoms with Crippen molar-refractivity contribution in [1.82, 2.24) is 5.32 Å². The third kappa shape index (κ3) is 5.92. The molecule has 0 radical (unpaired) electrons. The van der Waals surface area contributed by atoms with Crippen molar-refractivity contribution >= 4 is 22.9 Å². The fourth-order valence-corrected chi connectivity index (χ4v) is 4.35. The number of thioether (sulfide) groups is 1. The molecule has 0 aromatic heterocycles. The van der Waals surface area contributed by atoms with E-state index in [0.717, 1.165) is 34.4 Å². The zero-order valence-electron chi connectivity index (χ0n) is 17.8. The average Bonchev–Trinajstić information content (AvgIpc) is 3.12. The topological polar surface area (TPSA) is 64.6 Å². The lowest BCUT2D eigenvalue weighted by atomic mass is 10.1. The maximum Gasteiger partial charge on any atom is 0.286 e. The van der Waals surface area contributed by atoms with Crippen LogP contribution in [0.4, 0.5) is 4.79 Å². The SMILES string of the molecule is Cc1ccc(O[C@@H](CCOc2ccc(CC3SC(=O)NC3=O)cc2)c2ccccc2)cc1. The summed E-state index contributed by atoms with van der Waals surface area (Å²) in [6, 6.07) is 25.9. The van der Waals surface area contributed by atoms with Crippen molar-refractivity contribution in [3.8, 4) is 11.5 Å². The molecule has 1 heterocycles. The minimum absolute atomic E-state index is 0.117. The van der Waals surface area contributed by atoms with Crippen molar-refractivity contribution in [3.63, 3.8) is 0 Å². The van der Waals surface area contributed by atoms with Crippen LogP contribution in [0.25, 0.3) is 0 Å². The average molecular weight is 448 g/mol. The number of hydrogen-bond acceptors (Lipinski definition) is 5. The highest BCUT2D eigenvalue weighted by molar-refractivity contribution is 8.15.